The Balaban J connectivity index is 1.39. The van der Waals surface area contributed by atoms with Crippen molar-refractivity contribution in [3.05, 3.63) is 89.7 Å². The molecular formula is C28H30N4O3. The van der Waals surface area contributed by atoms with Gasteiger partial charge in [-0.15, -0.1) is 0 Å². The first-order valence-corrected chi connectivity index (χ1v) is 11.8. The SMILES string of the molecule is CCOc1ccc(NC(=O)Cn2c(CCCNC(=O)c3cccc(C)c3)nc3ccccc32)cc1. The number of rotatable bonds is 10. The van der Waals surface area contributed by atoms with Gasteiger partial charge >= 0.3 is 0 Å². The largest absolute Gasteiger partial charge is 0.494 e. The summed E-state index contributed by atoms with van der Waals surface area (Å²) in [5.41, 5.74) is 4.18. The molecule has 0 spiro atoms. The fourth-order valence-corrected chi connectivity index (χ4v) is 3.97. The van der Waals surface area contributed by atoms with E-state index in [-0.39, 0.29) is 18.4 Å². The number of nitrogens with one attached hydrogen (secondary N) is 2. The van der Waals surface area contributed by atoms with E-state index >= 15 is 0 Å². The van der Waals surface area contributed by atoms with Crippen molar-refractivity contribution in [2.75, 3.05) is 18.5 Å². The Hall–Kier alpha value is -4.13. The Kier molecular flexibility index (Phi) is 7.77. The molecule has 0 saturated carbocycles. The normalized spacial score (nSPS) is 10.8. The maximum absolute atomic E-state index is 12.8. The van der Waals surface area contributed by atoms with Crippen LogP contribution in [-0.4, -0.2) is 34.5 Å². The summed E-state index contributed by atoms with van der Waals surface area (Å²) in [5, 5.41) is 5.92. The maximum Gasteiger partial charge on any atom is 0.251 e. The summed E-state index contributed by atoms with van der Waals surface area (Å²) in [5.74, 6) is 1.36. The molecule has 0 aliphatic heterocycles. The van der Waals surface area contributed by atoms with E-state index in [0.717, 1.165) is 28.2 Å². The number of anilines is 1. The summed E-state index contributed by atoms with van der Waals surface area (Å²) >= 11 is 0. The number of amides is 2. The maximum atomic E-state index is 12.8. The van der Waals surface area contributed by atoms with Gasteiger partial charge in [-0.05, 0) is 68.8 Å². The van der Waals surface area contributed by atoms with Crippen LogP contribution in [0.15, 0.2) is 72.8 Å². The van der Waals surface area contributed by atoms with Gasteiger partial charge < -0.3 is 19.9 Å². The van der Waals surface area contributed by atoms with Gasteiger partial charge in [-0.2, -0.15) is 0 Å². The van der Waals surface area contributed by atoms with Crippen molar-refractivity contribution in [1.82, 2.24) is 14.9 Å². The minimum Gasteiger partial charge on any atom is -0.494 e. The van der Waals surface area contributed by atoms with Crippen LogP contribution in [0.4, 0.5) is 5.69 Å². The molecule has 0 saturated heterocycles. The van der Waals surface area contributed by atoms with E-state index in [1.165, 1.54) is 0 Å². The number of ether oxygens (including phenoxy) is 1. The van der Waals surface area contributed by atoms with Crippen LogP contribution in [0.3, 0.4) is 0 Å². The van der Waals surface area contributed by atoms with Gasteiger partial charge in [0.25, 0.3) is 5.91 Å². The first-order valence-electron chi connectivity index (χ1n) is 11.8. The molecular weight excluding hydrogens is 440 g/mol. The van der Waals surface area contributed by atoms with Gasteiger partial charge in [-0.25, -0.2) is 4.98 Å². The van der Waals surface area contributed by atoms with Crippen LogP contribution in [0.1, 0.15) is 35.1 Å². The van der Waals surface area contributed by atoms with Gasteiger partial charge in [0.2, 0.25) is 5.91 Å². The fourth-order valence-electron chi connectivity index (χ4n) is 3.97. The van der Waals surface area contributed by atoms with E-state index in [4.69, 9.17) is 9.72 Å². The molecule has 0 unspecified atom stereocenters. The lowest BCUT2D eigenvalue weighted by Gasteiger charge is -2.11. The molecule has 0 radical (unpaired) electrons. The zero-order valence-corrected chi connectivity index (χ0v) is 20.1. The molecule has 7 nitrogen and oxygen atoms in total. The van der Waals surface area contributed by atoms with E-state index in [1.807, 2.05) is 91.2 Å². The van der Waals surface area contributed by atoms with Gasteiger partial charge in [-0.3, -0.25) is 9.59 Å². The highest BCUT2D eigenvalue weighted by atomic mass is 16.5. The second-order valence-electron chi connectivity index (χ2n) is 8.34. The zero-order chi connectivity index (χ0) is 24.6. The third-order valence-electron chi connectivity index (χ3n) is 5.63. The third kappa shape index (κ3) is 6.26. The van der Waals surface area contributed by atoms with Crippen molar-refractivity contribution < 1.29 is 14.3 Å². The van der Waals surface area contributed by atoms with Gasteiger partial charge in [0.1, 0.15) is 18.1 Å². The monoisotopic (exact) mass is 470 g/mol. The number of nitrogens with zero attached hydrogens (tertiary/aromatic N) is 2. The van der Waals surface area contributed by atoms with Crippen LogP contribution < -0.4 is 15.4 Å². The quantitative estimate of drug-likeness (QED) is 0.328. The van der Waals surface area contributed by atoms with Crippen LogP contribution in [-0.2, 0) is 17.8 Å². The van der Waals surface area contributed by atoms with Crippen LogP contribution in [0.5, 0.6) is 5.75 Å². The van der Waals surface area contributed by atoms with Crippen molar-refractivity contribution in [1.29, 1.82) is 0 Å². The molecule has 35 heavy (non-hydrogen) atoms. The number of carbonyl (C=O) groups is 2. The second kappa shape index (κ2) is 11.3. The number of hydrogen-bond donors (Lipinski definition) is 2. The first kappa shape index (κ1) is 24.0. The van der Waals surface area contributed by atoms with E-state index in [9.17, 15) is 9.59 Å². The molecule has 0 atom stereocenters. The Labute approximate surface area is 205 Å². The van der Waals surface area contributed by atoms with Gasteiger partial charge in [-0.1, -0.05) is 29.8 Å². The molecule has 1 heterocycles. The summed E-state index contributed by atoms with van der Waals surface area (Å²) in [6, 6.07) is 22.6. The molecule has 4 rings (SSSR count). The van der Waals surface area contributed by atoms with E-state index in [1.54, 1.807) is 0 Å². The molecule has 2 N–H and O–H groups in total. The summed E-state index contributed by atoms with van der Waals surface area (Å²) in [6.45, 7) is 5.17. The highest BCUT2D eigenvalue weighted by molar-refractivity contribution is 5.94. The molecule has 2 amide bonds. The van der Waals surface area contributed by atoms with Crippen molar-refractivity contribution >= 4 is 28.5 Å². The van der Waals surface area contributed by atoms with Crippen molar-refractivity contribution in [2.45, 2.75) is 33.2 Å². The lowest BCUT2D eigenvalue weighted by molar-refractivity contribution is -0.116. The minimum atomic E-state index is -0.133. The molecule has 0 fully saturated rings. The predicted octanol–water partition coefficient (Wildman–Crippen LogP) is 4.74. The Morgan fingerprint density at radius 2 is 1.80 bits per heavy atom. The number of fused-ring (bicyclic) bond motifs is 1. The highest BCUT2D eigenvalue weighted by Gasteiger charge is 2.14. The number of hydrogen-bond acceptors (Lipinski definition) is 4. The topological polar surface area (TPSA) is 85.2 Å². The number of benzene rings is 3. The fraction of sp³-hybridized carbons (Fsp3) is 0.250. The summed E-state index contributed by atoms with van der Waals surface area (Å²) in [7, 11) is 0. The first-order chi connectivity index (χ1) is 17.0. The molecule has 3 aromatic carbocycles. The van der Waals surface area contributed by atoms with Crippen LogP contribution >= 0.6 is 0 Å². The Morgan fingerprint density at radius 3 is 2.57 bits per heavy atom. The lowest BCUT2D eigenvalue weighted by Crippen LogP contribution is -2.25. The van der Waals surface area contributed by atoms with Crippen molar-refractivity contribution in [2.24, 2.45) is 0 Å². The van der Waals surface area contributed by atoms with Gasteiger partial charge in [0, 0.05) is 24.2 Å². The molecule has 0 bridgehead atoms. The van der Waals surface area contributed by atoms with E-state index in [0.29, 0.717) is 37.2 Å². The van der Waals surface area contributed by atoms with Crippen LogP contribution in [0.2, 0.25) is 0 Å². The summed E-state index contributed by atoms with van der Waals surface area (Å²) in [6.07, 6.45) is 1.35. The van der Waals surface area contributed by atoms with Crippen molar-refractivity contribution in [3.8, 4) is 5.75 Å². The second-order valence-corrected chi connectivity index (χ2v) is 8.34. The number of carbonyl (C=O) groups excluding carboxylic acids is 2. The smallest absolute Gasteiger partial charge is 0.251 e. The average Bonchev–Trinajstić information content (AvgIpc) is 3.20. The number of para-hydroxylation sites is 2. The highest BCUT2D eigenvalue weighted by Crippen LogP contribution is 2.19. The Morgan fingerprint density at radius 1 is 1.00 bits per heavy atom. The Bertz CT molecular complexity index is 1310. The lowest BCUT2D eigenvalue weighted by atomic mass is 10.1. The van der Waals surface area contributed by atoms with Crippen LogP contribution in [0.25, 0.3) is 11.0 Å². The van der Waals surface area contributed by atoms with Crippen LogP contribution in [0, 0.1) is 6.92 Å². The number of imidazole rings is 1. The number of aromatic nitrogens is 2. The molecule has 7 heteroatoms. The standard InChI is InChI=1S/C28H30N4O3/c1-3-35-23-15-13-22(14-16-23)30-27(33)19-32-25-11-5-4-10-24(25)31-26(32)12-7-17-29-28(34)21-9-6-8-20(2)18-21/h4-6,8-11,13-16,18H,3,7,12,17,19H2,1-2H3,(H,29,34)(H,30,33). The molecule has 0 aliphatic rings. The minimum absolute atomic E-state index is 0.0862. The van der Waals surface area contributed by atoms with E-state index in [2.05, 4.69) is 10.6 Å². The average molecular weight is 471 g/mol. The molecule has 180 valence electrons. The number of aryl methyl sites for hydroxylation is 2. The predicted molar refractivity (Wildman–Crippen MR) is 138 cm³/mol. The molecule has 1 aromatic heterocycles. The van der Waals surface area contributed by atoms with Gasteiger partial charge in [0.15, 0.2) is 0 Å². The third-order valence-corrected chi connectivity index (χ3v) is 5.63. The van der Waals surface area contributed by atoms with E-state index < -0.39 is 0 Å². The molecule has 0 aliphatic carbocycles. The summed E-state index contributed by atoms with van der Waals surface area (Å²) < 4.78 is 7.40. The molecule has 4 aromatic rings. The zero-order valence-electron chi connectivity index (χ0n) is 20.1. The summed E-state index contributed by atoms with van der Waals surface area (Å²) in [4.78, 5) is 30.0. The van der Waals surface area contributed by atoms with Gasteiger partial charge in [0.05, 0.1) is 17.6 Å². The van der Waals surface area contributed by atoms with Crippen molar-refractivity contribution in [3.63, 3.8) is 0 Å².